The molecule has 0 spiro atoms. The normalized spacial score (nSPS) is 23.2. The molecule has 0 aliphatic carbocycles. The van der Waals surface area contributed by atoms with Crippen LogP contribution in [0.15, 0.2) is 0 Å². The highest BCUT2D eigenvalue weighted by molar-refractivity contribution is 7.99. The standard InChI is InChI=1S/C10H19NOS/c1-10(2,3)9(12)11(4)8-5-6-13-7-8/h8H,5-7H2,1-4H3. The van der Waals surface area contributed by atoms with Gasteiger partial charge in [-0.1, -0.05) is 20.8 Å². The second kappa shape index (κ2) is 3.91. The molecule has 0 N–H and O–H groups in total. The molecule has 2 nitrogen and oxygen atoms in total. The van der Waals surface area contributed by atoms with E-state index in [0.29, 0.717) is 6.04 Å². The first kappa shape index (κ1) is 10.9. The van der Waals surface area contributed by atoms with E-state index >= 15 is 0 Å². The summed E-state index contributed by atoms with van der Waals surface area (Å²) in [6.07, 6.45) is 1.16. The minimum Gasteiger partial charge on any atom is -0.341 e. The Bertz CT molecular complexity index is 192. The molecule has 76 valence electrons. The number of hydrogen-bond donors (Lipinski definition) is 0. The van der Waals surface area contributed by atoms with Crippen LogP contribution in [-0.2, 0) is 4.79 Å². The predicted molar refractivity (Wildman–Crippen MR) is 58.0 cm³/mol. The van der Waals surface area contributed by atoms with Crippen molar-refractivity contribution in [2.75, 3.05) is 18.6 Å². The highest BCUT2D eigenvalue weighted by Gasteiger charge is 2.30. The summed E-state index contributed by atoms with van der Waals surface area (Å²) >= 11 is 1.94. The van der Waals surface area contributed by atoms with Gasteiger partial charge in [-0.05, 0) is 12.2 Å². The Morgan fingerprint density at radius 2 is 2.08 bits per heavy atom. The molecular weight excluding hydrogens is 182 g/mol. The van der Waals surface area contributed by atoms with E-state index in [2.05, 4.69) is 0 Å². The second-order valence-corrected chi connectivity index (χ2v) is 5.83. The van der Waals surface area contributed by atoms with Crippen LogP contribution in [-0.4, -0.2) is 35.4 Å². The van der Waals surface area contributed by atoms with E-state index in [1.54, 1.807) is 0 Å². The molecule has 0 aromatic carbocycles. The molecule has 0 radical (unpaired) electrons. The number of rotatable bonds is 1. The average Bonchev–Trinajstić information content (AvgIpc) is 2.51. The lowest BCUT2D eigenvalue weighted by Crippen LogP contribution is -2.43. The molecule has 1 unspecified atom stereocenters. The number of amides is 1. The average molecular weight is 201 g/mol. The fourth-order valence-corrected chi connectivity index (χ4v) is 2.79. The quantitative estimate of drug-likeness (QED) is 0.646. The van der Waals surface area contributed by atoms with Crippen molar-refractivity contribution in [3.05, 3.63) is 0 Å². The smallest absolute Gasteiger partial charge is 0.227 e. The van der Waals surface area contributed by atoms with Crippen molar-refractivity contribution in [3.63, 3.8) is 0 Å². The highest BCUT2D eigenvalue weighted by Crippen LogP contribution is 2.25. The maximum Gasteiger partial charge on any atom is 0.227 e. The lowest BCUT2D eigenvalue weighted by Gasteiger charge is -2.30. The number of hydrogen-bond acceptors (Lipinski definition) is 2. The number of thioether (sulfide) groups is 1. The van der Waals surface area contributed by atoms with Crippen molar-refractivity contribution in [1.82, 2.24) is 4.90 Å². The predicted octanol–water partition coefficient (Wildman–Crippen LogP) is 2.00. The van der Waals surface area contributed by atoms with Gasteiger partial charge in [-0.3, -0.25) is 4.79 Å². The zero-order valence-corrected chi connectivity index (χ0v) is 9.78. The molecule has 3 heteroatoms. The van der Waals surface area contributed by atoms with Gasteiger partial charge in [-0.25, -0.2) is 0 Å². The van der Waals surface area contributed by atoms with Gasteiger partial charge in [-0.15, -0.1) is 0 Å². The maximum atomic E-state index is 11.9. The van der Waals surface area contributed by atoms with E-state index in [9.17, 15) is 4.79 Å². The van der Waals surface area contributed by atoms with Crippen molar-refractivity contribution in [1.29, 1.82) is 0 Å². The second-order valence-electron chi connectivity index (χ2n) is 4.68. The van der Waals surface area contributed by atoms with E-state index in [4.69, 9.17) is 0 Å². The van der Waals surface area contributed by atoms with Crippen LogP contribution in [0.25, 0.3) is 0 Å². The third-order valence-corrected chi connectivity index (χ3v) is 3.56. The van der Waals surface area contributed by atoms with Crippen LogP contribution in [0.3, 0.4) is 0 Å². The largest absolute Gasteiger partial charge is 0.341 e. The first-order chi connectivity index (χ1) is 5.93. The summed E-state index contributed by atoms with van der Waals surface area (Å²) in [6.45, 7) is 5.94. The Balaban J connectivity index is 2.56. The van der Waals surface area contributed by atoms with Crippen molar-refractivity contribution in [2.24, 2.45) is 5.41 Å². The van der Waals surface area contributed by atoms with E-state index in [1.807, 2.05) is 44.5 Å². The van der Waals surface area contributed by atoms with E-state index in [-0.39, 0.29) is 11.3 Å². The fourth-order valence-electron chi connectivity index (χ4n) is 1.52. The van der Waals surface area contributed by atoms with E-state index in [0.717, 1.165) is 12.2 Å². The number of carbonyl (C=O) groups is 1. The minimum atomic E-state index is -0.234. The van der Waals surface area contributed by atoms with E-state index in [1.165, 1.54) is 5.75 Å². The molecule has 1 aliphatic heterocycles. The summed E-state index contributed by atoms with van der Waals surface area (Å²) < 4.78 is 0. The number of nitrogens with zero attached hydrogens (tertiary/aromatic N) is 1. The molecular formula is C10H19NOS. The van der Waals surface area contributed by atoms with Gasteiger partial charge in [0.15, 0.2) is 0 Å². The lowest BCUT2D eigenvalue weighted by molar-refractivity contribution is -0.139. The van der Waals surface area contributed by atoms with Crippen LogP contribution in [0.2, 0.25) is 0 Å². The molecule has 1 saturated heterocycles. The Hall–Kier alpha value is -0.180. The molecule has 0 bridgehead atoms. The Labute approximate surface area is 85.1 Å². The van der Waals surface area contributed by atoms with Gasteiger partial charge in [0, 0.05) is 24.3 Å². The summed E-state index contributed by atoms with van der Waals surface area (Å²) in [4.78, 5) is 13.8. The van der Waals surface area contributed by atoms with Crippen LogP contribution in [0.4, 0.5) is 0 Å². The highest BCUT2D eigenvalue weighted by atomic mass is 32.2. The summed E-state index contributed by atoms with van der Waals surface area (Å²) in [5.74, 6) is 2.57. The molecule has 0 saturated carbocycles. The molecule has 1 fully saturated rings. The molecule has 1 heterocycles. The van der Waals surface area contributed by atoms with Crippen molar-refractivity contribution in [3.8, 4) is 0 Å². The Kier molecular flexibility index (Phi) is 3.28. The van der Waals surface area contributed by atoms with Crippen molar-refractivity contribution in [2.45, 2.75) is 33.2 Å². The Morgan fingerprint density at radius 1 is 1.46 bits per heavy atom. The summed E-state index contributed by atoms with van der Waals surface area (Å²) in [5, 5.41) is 0. The summed E-state index contributed by atoms with van der Waals surface area (Å²) in [6, 6.07) is 0.469. The van der Waals surface area contributed by atoms with Gasteiger partial charge in [0.2, 0.25) is 5.91 Å². The molecule has 1 aliphatic rings. The van der Waals surface area contributed by atoms with Crippen LogP contribution < -0.4 is 0 Å². The van der Waals surface area contributed by atoms with Gasteiger partial charge < -0.3 is 4.90 Å². The molecule has 1 atom stereocenters. The van der Waals surface area contributed by atoms with Crippen LogP contribution >= 0.6 is 11.8 Å². The van der Waals surface area contributed by atoms with Crippen molar-refractivity contribution < 1.29 is 4.79 Å². The molecule has 0 aromatic heterocycles. The monoisotopic (exact) mass is 201 g/mol. The lowest BCUT2D eigenvalue weighted by atomic mass is 9.94. The topological polar surface area (TPSA) is 20.3 Å². The van der Waals surface area contributed by atoms with Gasteiger partial charge in [0.1, 0.15) is 0 Å². The summed E-state index contributed by atoms with van der Waals surface area (Å²) in [5.41, 5.74) is -0.234. The minimum absolute atomic E-state index is 0.234. The maximum absolute atomic E-state index is 11.9. The zero-order valence-electron chi connectivity index (χ0n) is 8.96. The fraction of sp³-hybridized carbons (Fsp3) is 0.900. The van der Waals surface area contributed by atoms with Gasteiger partial charge in [-0.2, -0.15) is 11.8 Å². The first-order valence-electron chi connectivity index (χ1n) is 4.78. The van der Waals surface area contributed by atoms with Gasteiger partial charge in [0.05, 0.1) is 0 Å². The third-order valence-electron chi connectivity index (χ3n) is 2.42. The molecule has 0 aromatic rings. The number of carbonyl (C=O) groups excluding carboxylic acids is 1. The zero-order chi connectivity index (χ0) is 10.1. The van der Waals surface area contributed by atoms with E-state index < -0.39 is 0 Å². The van der Waals surface area contributed by atoms with Crippen LogP contribution in [0.1, 0.15) is 27.2 Å². The summed E-state index contributed by atoms with van der Waals surface area (Å²) in [7, 11) is 1.93. The third kappa shape index (κ3) is 2.63. The molecule has 1 amide bonds. The van der Waals surface area contributed by atoms with Gasteiger partial charge >= 0.3 is 0 Å². The van der Waals surface area contributed by atoms with Gasteiger partial charge in [0.25, 0.3) is 0 Å². The Morgan fingerprint density at radius 3 is 2.46 bits per heavy atom. The van der Waals surface area contributed by atoms with Crippen LogP contribution in [0.5, 0.6) is 0 Å². The first-order valence-corrected chi connectivity index (χ1v) is 5.93. The van der Waals surface area contributed by atoms with Crippen molar-refractivity contribution >= 4 is 17.7 Å². The molecule has 13 heavy (non-hydrogen) atoms. The SMILES string of the molecule is CN(C(=O)C(C)(C)C)C1CCSC1. The van der Waals surface area contributed by atoms with Crippen LogP contribution in [0, 0.1) is 5.41 Å². The molecule has 1 rings (SSSR count).